The lowest BCUT2D eigenvalue weighted by Crippen LogP contribution is -2.31. The summed E-state index contributed by atoms with van der Waals surface area (Å²) in [6, 6.07) is 13.8. The van der Waals surface area contributed by atoms with Crippen molar-refractivity contribution in [1.29, 1.82) is 0 Å². The lowest BCUT2D eigenvalue weighted by molar-refractivity contribution is -0.141. The Morgan fingerprint density at radius 2 is 1.94 bits per heavy atom. The Balaban J connectivity index is 1.68. The Morgan fingerprint density at radius 3 is 2.70 bits per heavy atom. The lowest BCUT2D eigenvalue weighted by Gasteiger charge is -2.14. The quantitative estimate of drug-likeness (QED) is 0.256. The van der Waals surface area contributed by atoms with E-state index >= 15 is 0 Å². The summed E-state index contributed by atoms with van der Waals surface area (Å²) in [5, 5.41) is 8.69. The highest BCUT2D eigenvalue weighted by molar-refractivity contribution is 6.10. The third-order valence-electron chi connectivity index (χ3n) is 5.36. The van der Waals surface area contributed by atoms with Crippen molar-refractivity contribution >= 4 is 39.4 Å². The van der Waals surface area contributed by atoms with Crippen molar-refractivity contribution in [3.63, 3.8) is 0 Å². The molecular formula is C25H26N4O4. The van der Waals surface area contributed by atoms with E-state index in [4.69, 9.17) is 9.40 Å². The highest BCUT2D eigenvalue weighted by Crippen LogP contribution is 2.34. The molecule has 2 aliphatic rings. The van der Waals surface area contributed by atoms with Crippen molar-refractivity contribution in [1.82, 2.24) is 10.3 Å². The predicted molar refractivity (Wildman–Crippen MR) is 127 cm³/mol. The molecule has 4 rings (SSSR count). The van der Waals surface area contributed by atoms with Crippen molar-refractivity contribution in [2.24, 2.45) is 4.99 Å². The molecule has 0 spiro atoms. The predicted octanol–water partition coefficient (Wildman–Crippen LogP) is 3.41. The number of rotatable bonds is 7. The normalized spacial score (nSPS) is 11.8. The number of hydrogen-bond donors (Lipinski definition) is 2. The van der Waals surface area contributed by atoms with Crippen molar-refractivity contribution in [3.05, 3.63) is 53.4 Å². The molecule has 2 aromatic carbocycles. The van der Waals surface area contributed by atoms with Gasteiger partial charge in [-0.05, 0) is 25.5 Å². The molecule has 33 heavy (non-hydrogen) atoms. The molecule has 1 aliphatic carbocycles. The minimum absolute atomic E-state index is 0.141. The van der Waals surface area contributed by atoms with E-state index in [1.165, 1.54) is 7.11 Å². The maximum absolute atomic E-state index is 12.0. The minimum atomic E-state index is -0.483. The smallest absolute Gasteiger partial charge is 0.325 e. The minimum Gasteiger partial charge on any atom is -0.468 e. The summed E-state index contributed by atoms with van der Waals surface area (Å²) in [6.07, 6.45) is 0.206. The zero-order valence-corrected chi connectivity index (χ0v) is 18.9. The Labute approximate surface area is 191 Å². The number of amides is 1. The van der Waals surface area contributed by atoms with Crippen LogP contribution in [0.4, 0.5) is 5.69 Å². The van der Waals surface area contributed by atoms with Crippen LogP contribution in [0, 0.1) is 6.92 Å². The van der Waals surface area contributed by atoms with Gasteiger partial charge in [-0.15, -0.1) is 0 Å². The highest BCUT2D eigenvalue weighted by Gasteiger charge is 2.15. The molecule has 0 atom stereocenters. The summed E-state index contributed by atoms with van der Waals surface area (Å²) >= 11 is 0. The van der Waals surface area contributed by atoms with Gasteiger partial charge in [0, 0.05) is 48.1 Å². The monoisotopic (exact) mass is 446 g/mol. The Morgan fingerprint density at radius 1 is 1.15 bits per heavy atom. The topological polar surface area (TPSA) is 106 Å². The third-order valence-corrected chi connectivity index (χ3v) is 5.36. The molecular weight excluding hydrogens is 420 g/mol. The van der Waals surface area contributed by atoms with Crippen LogP contribution in [0.3, 0.4) is 0 Å². The summed E-state index contributed by atoms with van der Waals surface area (Å²) in [5.74, 6) is -0.0510. The van der Waals surface area contributed by atoms with Crippen molar-refractivity contribution < 1.29 is 18.7 Å². The number of hydrogen-bond acceptors (Lipinski definition) is 7. The van der Waals surface area contributed by atoms with Gasteiger partial charge in [-0.25, -0.2) is 4.98 Å². The van der Waals surface area contributed by atoms with E-state index in [-0.39, 0.29) is 18.9 Å². The van der Waals surface area contributed by atoms with Crippen LogP contribution in [-0.4, -0.2) is 43.6 Å². The number of fused-ring (bicyclic) bond motifs is 4. The number of aromatic nitrogens is 1. The van der Waals surface area contributed by atoms with Crippen LogP contribution in [0.15, 0.2) is 51.9 Å². The molecule has 8 nitrogen and oxygen atoms in total. The summed E-state index contributed by atoms with van der Waals surface area (Å²) < 4.78 is 10.8. The van der Waals surface area contributed by atoms with Crippen LogP contribution in [0.5, 0.6) is 0 Å². The Hall–Kier alpha value is -3.94. The number of carbonyl (C=O) groups excluding carboxylic acids is 2. The van der Waals surface area contributed by atoms with Gasteiger partial charge < -0.3 is 19.8 Å². The van der Waals surface area contributed by atoms with Crippen LogP contribution in [0.2, 0.25) is 0 Å². The maximum atomic E-state index is 12.0. The molecule has 0 saturated heterocycles. The highest BCUT2D eigenvalue weighted by atomic mass is 16.5. The van der Waals surface area contributed by atoms with E-state index in [9.17, 15) is 9.59 Å². The molecule has 0 fully saturated rings. The van der Waals surface area contributed by atoms with E-state index < -0.39 is 5.97 Å². The molecule has 0 aromatic heterocycles. The molecule has 170 valence electrons. The number of nitrogens with zero attached hydrogens (tertiary/aromatic N) is 2. The standard InChI is InChI=1S/C25H26N4O4/c1-4-26-18-12-21-20(11-15(18)2)29-25-17-8-6-5-7-16(17)19(13-22(25)33-21)27-10-9-23(30)28-14-24(31)32-3/h5-8,11-13,27H,4,9-10,14H2,1-3H3,(H,28,30). The van der Waals surface area contributed by atoms with Gasteiger partial charge in [0.15, 0.2) is 11.3 Å². The zero-order chi connectivity index (χ0) is 23.4. The van der Waals surface area contributed by atoms with E-state index in [0.29, 0.717) is 24.4 Å². The zero-order valence-electron chi connectivity index (χ0n) is 18.9. The number of carbonyl (C=O) groups is 2. The second-order valence-electron chi connectivity index (χ2n) is 7.64. The second kappa shape index (κ2) is 9.68. The lowest BCUT2D eigenvalue weighted by atomic mass is 10.1. The van der Waals surface area contributed by atoms with Crippen molar-refractivity contribution in [3.8, 4) is 11.5 Å². The third kappa shape index (κ3) is 4.79. The second-order valence-corrected chi connectivity index (χ2v) is 7.64. The van der Waals surface area contributed by atoms with Crippen LogP contribution in [0.25, 0.3) is 33.3 Å². The van der Waals surface area contributed by atoms with Gasteiger partial charge in [-0.2, -0.15) is 0 Å². The molecule has 1 amide bonds. The number of methoxy groups -OCH3 is 1. The molecule has 0 unspecified atom stereocenters. The van der Waals surface area contributed by atoms with Gasteiger partial charge in [-0.1, -0.05) is 24.3 Å². The molecule has 1 heterocycles. The Bertz CT molecular complexity index is 1380. The summed E-state index contributed by atoms with van der Waals surface area (Å²) in [6.45, 7) is 4.96. The van der Waals surface area contributed by atoms with Gasteiger partial charge >= 0.3 is 5.97 Å². The van der Waals surface area contributed by atoms with Crippen molar-refractivity contribution in [2.45, 2.75) is 20.3 Å². The number of anilines is 1. The fraction of sp³-hybridized carbons (Fsp3) is 0.280. The number of nitrogens with one attached hydrogen (secondary N) is 2. The van der Waals surface area contributed by atoms with E-state index in [1.54, 1.807) is 0 Å². The number of aryl methyl sites for hydroxylation is 1. The van der Waals surface area contributed by atoms with Crippen LogP contribution in [-0.2, 0) is 14.3 Å². The molecule has 8 heteroatoms. The average molecular weight is 447 g/mol. The van der Waals surface area contributed by atoms with Gasteiger partial charge in [-0.3, -0.25) is 14.6 Å². The van der Waals surface area contributed by atoms with Gasteiger partial charge in [0.1, 0.15) is 17.8 Å². The van der Waals surface area contributed by atoms with Crippen LogP contribution < -0.4 is 16.0 Å². The fourth-order valence-corrected chi connectivity index (χ4v) is 3.73. The van der Waals surface area contributed by atoms with Crippen molar-refractivity contribution in [2.75, 3.05) is 32.1 Å². The molecule has 0 bridgehead atoms. The molecule has 1 aliphatic heterocycles. The first-order valence-electron chi connectivity index (χ1n) is 10.8. The maximum Gasteiger partial charge on any atom is 0.325 e. The molecule has 0 saturated carbocycles. The van der Waals surface area contributed by atoms with E-state index in [0.717, 1.165) is 38.6 Å². The Kier molecular flexibility index (Phi) is 6.53. The number of ether oxygens (including phenoxy) is 1. The first-order chi connectivity index (χ1) is 16.0. The fourth-order valence-electron chi connectivity index (χ4n) is 3.73. The van der Waals surface area contributed by atoms with Crippen LogP contribution in [0.1, 0.15) is 18.9 Å². The first kappa shape index (κ1) is 22.3. The van der Waals surface area contributed by atoms with Gasteiger partial charge in [0.2, 0.25) is 5.91 Å². The summed E-state index contributed by atoms with van der Waals surface area (Å²) in [5.41, 5.74) is 4.10. The largest absolute Gasteiger partial charge is 0.468 e. The molecule has 0 radical (unpaired) electrons. The molecule has 2 aromatic rings. The summed E-state index contributed by atoms with van der Waals surface area (Å²) in [4.78, 5) is 32.6. The van der Waals surface area contributed by atoms with Crippen LogP contribution >= 0.6 is 0 Å². The molecule has 2 N–H and O–H groups in total. The first-order valence-corrected chi connectivity index (χ1v) is 10.8. The SMILES string of the molecule is CCN=c1cc2oc3cc(NCCC(=O)NCC(=O)OC)c4ccccc4c3nc-2cc1C. The number of esters is 1. The van der Waals surface area contributed by atoms with E-state index in [2.05, 4.69) is 20.4 Å². The number of benzene rings is 3. The van der Waals surface area contributed by atoms with Gasteiger partial charge in [0.25, 0.3) is 0 Å². The average Bonchev–Trinajstić information content (AvgIpc) is 2.82. The van der Waals surface area contributed by atoms with E-state index in [1.807, 2.05) is 56.3 Å². The summed E-state index contributed by atoms with van der Waals surface area (Å²) in [7, 11) is 1.28. The van der Waals surface area contributed by atoms with Gasteiger partial charge in [0.05, 0.1) is 12.5 Å².